The smallest absolute Gasteiger partial charge is 0.240 e. The number of halogens is 1. The number of anilines is 1. The molecular formula is C23H19BrN2OS. The molecule has 4 rings (SSSR count). The van der Waals surface area contributed by atoms with Crippen LogP contribution in [-0.4, -0.2) is 15.7 Å². The first kappa shape index (κ1) is 18.8. The first-order chi connectivity index (χ1) is 13.7. The van der Waals surface area contributed by atoms with Gasteiger partial charge in [0.05, 0.1) is 4.83 Å². The predicted octanol–water partition coefficient (Wildman–Crippen LogP) is 5.83. The zero-order chi connectivity index (χ0) is 19.3. The Labute approximate surface area is 176 Å². The van der Waals surface area contributed by atoms with Gasteiger partial charge in [0.2, 0.25) is 5.91 Å². The molecule has 1 amide bonds. The van der Waals surface area contributed by atoms with Crippen LogP contribution in [0.4, 0.5) is 5.13 Å². The van der Waals surface area contributed by atoms with E-state index in [1.165, 1.54) is 27.7 Å². The van der Waals surface area contributed by atoms with Gasteiger partial charge in [-0.15, -0.1) is 11.3 Å². The third kappa shape index (κ3) is 4.49. The van der Waals surface area contributed by atoms with Crippen molar-refractivity contribution in [2.24, 2.45) is 0 Å². The van der Waals surface area contributed by atoms with Crippen LogP contribution in [0.3, 0.4) is 0 Å². The van der Waals surface area contributed by atoms with Gasteiger partial charge in [0.15, 0.2) is 5.13 Å². The highest BCUT2D eigenvalue weighted by Crippen LogP contribution is 2.26. The largest absolute Gasteiger partial charge is 0.301 e. The van der Waals surface area contributed by atoms with Crippen LogP contribution in [0.25, 0.3) is 10.8 Å². The van der Waals surface area contributed by atoms with Gasteiger partial charge < -0.3 is 5.32 Å². The Hall–Kier alpha value is -2.50. The lowest BCUT2D eigenvalue weighted by Gasteiger charge is -2.09. The molecule has 1 N–H and O–H groups in total. The average molecular weight is 451 g/mol. The summed E-state index contributed by atoms with van der Waals surface area (Å²) >= 11 is 5.01. The number of amides is 1. The topological polar surface area (TPSA) is 42.0 Å². The summed E-state index contributed by atoms with van der Waals surface area (Å²) in [4.78, 5) is 17.7. The molecule has 140 valence electrons. The lowest BCUT2D eigenvalue weighted by molar-refractivity contribution is -0.115. The number of hydrogen-bond acceptors (Lipinski definition) is 3. The van der Waals surface area contributed by atoms with E-state index in [4.69, 9.17) is 0 Å². The molecule has 0 saturated heterocycles. The average Bonchev–Trinajstić information content (AvgIpc) is 3.16. The van der Waals surface area contributed by atoms with Crippen LogP contribution in [0.1, 0.15) is 16.0 Å². The van der Waals surface area contributed by atoms with E-state index in [0.29, 0.717) is 11.6 Å². The standard InChI is InChI=1S/C23H19BrN2OS/c24-21(13-16-7-2-1-3-8-16)22(27)26-23-25-15-19(28-23)14-18-11-6-10-17-9-4-5-12-20(17)18/h1-12,15,21H,13-14H2,(H,25,26,27). The number of thiazole rings is 1. The Morgan fingerprint density at radius 3 is 2.61 bits per heavy atom. The molecule has 5 heteroatoms. The molecular weight excluding hydrogens is 432 g/mol. The molecule has 0 saturated carbocycles. The first-order valence-corrected chi connectivity index (χ1v) is 10.8. The van der Waals surface area contributed by atoms with Crippen molar-refractivity contribution in [1.82, 2.24) is 4.98 Å². The summed E-state index contributed by atoms with van der Waals surface area (Å²) in [6.45, 7) is 0. The number of hydrogen-bond donors (Lipinski definition) is 1. The Balaban J connectivity index is 1.42. The summed E-state index contributed by atoms with van der Waals surface area (Å²) in [5.41, 5.74) is 2.39. The Morgan fingerprint density at radius 2 is 1.75 bits per heavy atom. The van der Waals surface area contributed by atoms with Gasteiger partial charge in [-0.25, -0.2) is 4.98 Å². The highest BCUT2D eigenvalue weighted by Gasteiger charge is 2.17. The summed E-state index contributed by atoms with van der Waals surface area (Å²) in [5, 5.41) is 6.06. The molecule has 1 heterocycles. The fourth-order valence-electron chi connectivity index (χ4n) is 3.18. The van der Waals surface area contributed by atoms with Crippen molar-refractivity contribution in [1.29, 1.82) is 0 Å². The van der Waals surface area contributed by atoms with E-state index in [-0.39, 0.29) is 10.7 Å². The van der Waals surface area contributed by atoms with E-state index >= 15 is 0 Å². The molecule has 1 aromatic heterocycles. The van der Waals surface area contributed by atoms with Gasteiger partial charge in [-0.2, -0.15) is 0 Å². The van der Waals surface area contributed by atoms with Crippen LogP contribution in [-0.2, 0) is 17.6 Å². The molecule has 3 aromatic carbocycles. The van der Waals surface area contributed by atoms with E-state index in [1.807, 2.05) is 36.5 Å². The quantitative estimate of drug-likeness (QED) is 0.375. The summed E-state index contributed by atoms with van der Waals surface area (Å²) in [6, 6.07) is 24.7. The molecule has 0 bridgehead atoms. The molecule has 28 heavy (non-hydrogen) atoms. The lowest BCUT2D eigenvalue weighted by Crippen LogP contribution is -2.24. The molecule has 1 unspecified atom stereocenters. The number of carbonyl (C=O) groups is 1. The van der Waals surface area contributed by atoms with Gasteiger partial charge in [0, 0.05) is 17.5 Å². The molecule has 4 aromatic rings. The summed E-state index contributed by atoms with van der Waals surface area (Å²) in [5.74, 6) is -0.0742. The lowest BCUT2D eigenvalue weighted by atomic mass is 10.0. The van der Waals surface area contributed by atoms with E-state index in [0.717, 1.165) is 16.9 Å². The minimum absolute atomic E-state index is 0.0742. The molecule has 1 atom stereocenters. The van der Waals surface area contributed by atoms with Crippen LogP contribution in [0, 0.1) is 0 Å². The fourth-order valence-corrected chi connectivity index (χ4v) is 4.51. The highest BCUT2D eigenvalue weighted by atomic mass is 79.9. The summed E-state index contributed by atoms with van der Waals surface area (Å²) in [7, 11) is 0. The second-order valence-electron chi connectivity index (χ2n) is 6.59. The maximum Gasteiger partial charge on any atom is 0.240 e. The third-order valence-corrected chi connectivity index (χ3v) is 6.22. The molecule has 0 aliphatic heterocycles. The highest BCUT2D eigenvalue weighted by molar-refractivity contribution is 9.10. The van der Waals surface area contributed by atoms with Crippen LogP contribution in [0.15, 0.2) is 79.0 Å². The van der Waals surface area contributed by atoms with Crippen molar-refractivity contribution in [2.45, 2.75) is 17.7 Å². The minimum Gasteiger partial charge on any atom is -0.301 e. The fraction of sp³-hybridized carbons (Fsp3) is 0.130. The van der Waals surface area contributed by atoms with Gasteiger partial charge >= 0.3 is 0 Å². The molecule has 0 spiro atoms. The maximum absolute atomic E-state index is 12.5. The molecule has 0 aliphatic carbocycles. The number of alkyl halides is 1. The molecule has 0 fully saturated rings. The third-order valence-electron chi connectivity index (χ3n) is 4.57. The molecule has 3 nitrogen and oxygen atoms in total. The number of benzene rings is 3. The van der Waals surface area contributed by atoms with Gasteiger partial charge in [-0.05, 0) is 28.3 Å². The summed E-state index contributed by atoms with van der Waals surface area (Å²) in [6.07, 6.45) is 3.29. The van der Waals surface area contributed by atoms with Crippen LogP contribution >= 0.6 is 27.3 Å². The minimum atomic E-state index is -0.291. The summed E-state index contributed by atoms with van der Waals surface area (Å²) < 4.78 is 0. The number of fused-ring (bicyclic) bond motifs is 1. The van der Waals surface area contributed by atoms with E-state index in [1.54, 1.807) is 0 Å². The van der Waals surface area contributed by atoms with E-state index in [2.05, 4.69) is 68.7 Å². The number of nitrogens with one attached hydrogen (secondary N) is 1. The first-order valence-electron chi connectivity index (χ1n) is 9.09. The SMILES string of the molecule is O=C(Nc1ncc(Cc2cccc3ccccc23)s1)C(Br)Cc1ccccc1. The number of rotatable bonds is 6. The Morgan fingerprint density at radius 1 is 1.00 bits per heavy atom. The predicted molar refractivity (Wildman–Crippen MR) is 120 cm³/mol. The molecule has 0 radical (unpaired) electrons. The Bertz CT molecular complexity index is 1090. The van der Waals surface area contributed by atoms with Gasteiger partial charge in [0.25, 0.3) is 0 Å². The number of carbonyl (C=O) groups excluding carboxylic acids is 1. The van der Waals surface area contributed by atoms with Crippen molar-refractivity contribution < 1.29 is 4.79 Å². The van der Waals surface area contributed by atoms with Crippen LogP contribution in [0.5, 0.6) is 0 Å². The van der Waals surface area contributed by atoms with Gasteiger partial charge in [-0.1, -0.05) is 88.7 Å². The maximum atomic E-state index is 12.5. The number of nitrogens with zero attached hydrogens (tertiary/aromatic N) is 1. The number of aromatic nitrogens is 1. The normalized spacial score (nSPS) is 12.0. The van der Waals surface area contributed by atoms with Gasteiger partial charge in [0.1, 0.15) is 0 Å². The van der Waals surface area contributed by atoms with Crippen molar-refractivity contribution in [3.8, 4) is 0 Å². The van der Waals surface area contributed by atoms with Crippen LogP contribution < -0.4 is 5.32 Å². The second kappa shape index (κ2) is 8.67. The van der Waals surface area contributed by atoms with Crippen molar-refractivity contribution in [3.63, 3.8) is 0 Å². The second-order valence-corrected chi connectivity index (χ2v) is 8.81. The monoisotopic (exact) mass is 450 g/mol. The van der Waals surface area contributed by atoms with E-state index in [9.17, 15) is 4.79 Å². The van der Waals surface area contributed by atoms with Crippen LogP contribution in [0.2, 0.25) is 0 Å². The zero-order valence-corrected chi connectivity index (χ0v) is 17.5. The van der Waals surface area contributed by atoms with Gasteiger partial charge in [-0.3, -0.25) is 4.79 Å². The van der Waals surface area contributed by atoms with Crippen molar-refractivity contribution in [3.05, 3.63) is 95.0 Å². The Kier molecular flexibility index (Phi) is 5.84. The zero-order valence-electron chi connectivity index (χ0n) is 15.1. The van der Waals surface area contributed by atoms with Crippen molar-refractivity contribution >= 4 is 49.1 Å². The van der Waals surface area contributed by atoms with Crippen molar-refractivity contribution in [2.75, 3.05) is 5.32 Å². The molecule has 0 aliphatic rings. The van der Waals surface area contributed by atoms with E-state index < -0.39 is 0 Å².